The van der Waals surface area contributed by atoms with Crippen LogP contribution in [-0.4, -0.2) is 54.1 Å². The van der Waals surface area contributed by atoms with Gasteiger partial charge in [0.25, 0.3) is 0 Å². The van der Waals surface area contributed by atoms with Gasteiger partial charge in [0.2, 0.25) is 0 Å². The monoisotopic (exact) mass is 404 g/mol. The Labute approximate surface area is 168 Å². The third-order valence-corrected chi connectivity index (χ3v) is 5.51. The van der Waals surface area contributed by atoms with Gasteiger partial charge in [0.05, 0.1) is 31.1 Å². The second kappa shape index (κ2) is 9.14. The van der Waals surface area contributed by atoms with E-state index < -0.39 is 12.0 Å². The number of carbonyl (C=O) groups excluding carboxylic acids is 3. The Kier molecular flexibility index (Phi) is 6.61. The van der Waals surface area contributed by atoms with E-state index in [4.69, 9.17) is 9.47 Å². The number of amides is 2. The first-order valence-corrected chi connectivity index (χ1v) is 10.4. The SMILES string of the molecule is CCOC(=O)CSCC1=C(C(=O)OC)[C@@H](c2ccccc2)NC(=O)N1C1CC1. The minimum atomic E-state index is -0.589. The number of carbonyl (C=O) groups is 3. The van der Waals surface area contributed by atoms with Gasteiger partial charge in [0.1, 0.15) is 0 Å². The van der Waals surface area contributed by atoms with Crippen molar-refractivity contribution in [3.8, 4) is 0 Å². The van der Waals surface area contributed by atoms with Crippen LogP contribution >= 0.6 is 11.8 Å². The fraction of sp³-hybridized carbons (Fsp3) is 0.450. The van der Waals surface area contributed by atoms with Crippen LogP contribution in [0.1, 0.15) is 31.4 Å². The number of rotatable bonds is 8. The van der Waals surface area contributed by atoms with E-state index in [9.17, 15) is 14.4 Å². The normalized spacial score (nSPS) is 19.3. The lowest BCUT2D eigenvalue weighted by Crippen LogP contribution is -2.50. The Bertz CT molecular complexity index is 776. The van der Waals surface area contributed by atoms with E-state index in [0.717, 1.165) is 18.4 Å². The molecule has 28 heavy (non-hydrogen) atoms. The number of thioether (sulfide) groups is 1. The first kappa shape index (κ1) is 20.3. The van der Waals surface area contributed by atoms with Crippen LogP contribution in [0, 0.1) is 0 Å². The Hall–Kier alpha value is -2.48. The Morgan fingerprint density at radius 2 is 1.96 bits per heavy atom. The van der Waals surface area contributed by atoms with Crippen molar-refractivity contribution in [3.63, 3.8) is 0 Å². The number of methoxy groups -OCH3 is 1. The third kappa shape index (κ3) is 4.49. The van der Waals surface area contributed by atoms with Gasteiger partial charge in [-0.15, -0.1) is 11.8 Å². The lowest BCUT2D eigenvalue weighted by molar-refractivity contribution is -0.140. The highest BCUT2D eigenvalue weighted by atomic mass is 32.2. The van der Waals surface area contributed by atoms with E-state index in [-0.39, 0.29) is 23.8 Å². The summed E-state index contributed by atoms with van der Waals surface area (Å²) in [6, 6.07) is 8.59. The highest BCUT2D eigenvalue weighted by molar-refractivity contribution is 8.00. The fourth-order valence-corrected chi connectivity index (χ4v) is 4.07. The molecule has 7 nitrogen and oxygen atoms in total. The molecule has 0 radical (unpaired) electrons. The van der Waals surface area contributed by atoms with Crippen LogP contribution in [0.2, 0.25) is 0 Å². The van der Waals surface area contributed by atoms with Crippen molar-refractivity contribution >= 4 is 29.7 Å². The minimum Gasteiger partial charge on any atom is -0.466 e. The second-order valence-corrected chi connectivity index (χ2v) is 7.53. The van der Waals surface area contributed by atoms with Gasteiger partial charge in [-0.3, -0.25) is 9.69 Å². The van der Waals surface area contributed by atoms with E-state index in [2.05, 4.69) is 5.32 Å². The van der Waals surface area contributed by atoms with Gasteiger partial charge in [-0.1, -0.05) is 30.3 Å². The quantitative estimate of drug-likeness (QED) is 0.671. The molecule has 0 bridgehead atoms. The average molecular weight is 404 g/mol. The molecule has 1 aromatic rings. The topological polar surface area (TPSA) is 84.9 Å². The summed E-state index contributed by atoms with van der Waals surface area (Å²) in [6.45, 7) is 2.08. The van der Waals surface area contributed by atoms with Crippen molar-refractivity contribution < 1.29 is 23.9 Å². The van der Waals surface area contributed by atoms with Crippen LogP contribution < -0.4 is 5.32 Å². The molecule has 0 aromatic heterocycles. The molecule has 0 unspecified atom stereocenters. The van der Waals surface area contributed by atoms with Crippen molar-refractivity contribution in [2.75, 3.05) is 25.2 Å². The van der Waals surface area contributed by atoms with Crippen LogP contribution in [0.15, 0.2) is 41.6 Å². The molecular weight excluding hydrogens is 380 g/mol. The molecule has 2 aliphatic rings. The van der Waals surface area contributed by atoms with Crippen LogP contribution in [-0.2, 0) is 19.1 Å². The largest absolute Gasteiger partial charge is 0.466 e. The van der Waals surface area contributed by atoms with Gasteiger partial charge in [0, 0.05) is 17.5 Å². The second-order valence-electron chi connectivity index (χ2n) is 6.54. The van der Waals surface area contributed by atoms with Crippen LogP contribution in [0.5, 0.6) is 0 Å². The lowest BCUT2D eigenvalue weighted by atomic mass is 9.95. The summed E-state index contributed by atoms with van der Waals surface area (Å²) in [5.41, 5.74) is 1.83. The van der Waals surface area contributed by atoms with E-state index >= 15 is 0 Å². The summed E-state index contributed by atoms with van der Waals surface area (Å²) >= 11 is 1.33. The number of nitrogens with zero attached hydrogens (tertiary/aromatic N) is 1. The summed E-state index contributed by atoms with van der Waals surface area (Å²) in [7, 11) is 1.33. The zero-order chi connectivity index (χ0) is 20.1. The molecular formula is C20H24N2O5S. The number of esters is 2. The number of ether oxygens (including phenoxy) is 2. The van der Waals surface area contributed by atoms with E-state index in [1.54, 1.807) is 11.8 Å². The predicted molar refractivity (Wildman–Crippen MR) is 106 cm³/mol. The molecule has 0 spiro atoms. The summed E-state index contributed by atoms with van der Waals surface area (Å²) in [6.07, 6.45) is 1.79. The molecule has 1 heterocycles. The van der Waals surface area contributed by atoms with Crippen molar-refractivity contribution in [3.05, 3.63) is 47.2 Å². The fourth-order valence-electron chi connectivity index (χ4n) is 3.23. The van der Waals surface area contributed by atoms with Gasteiger partial charge < -0.3 is 14.8 Å². The number of benzene rings is 1. The van der Waals surface area contributed by atoms with Crippen molar-refractivity contribution in [2.24, 2.45) is 0 Å². The lowest BCUT2D eigenvalue weighted by Gasteiger charge is -2.36. The molecule has 1 saturated carbocycles. The zero-order valence-corrected chi connectivity index (χ0v) is 16.8. The van der Waals surface area contributed by atoms with Gasteiger partial charge >= 0.3 is 18.0 Å². The Balaban J connectivity index is 1.95. The highest BCUT2D eigenvalue weighted by Gasteiger charge is 2.43. The molecule has 1 N–H and O–H groups in total. The van der Waals surface area contributed by atoms with Crippen LogP contribution in [0.3, 0.4) is 0 Å². The zero-order valence-electron chi connectivity index (χ0n) is 16.0. The minimum absolute atomic E-state index is 0.0783. The van der Waals surface area contributed by atoms with Gasteiger partial charge in [-0.2, -0.15) is 0 Å². The highest BCUT2D eigenvalue weighted by Crippen LogP contribution is 2.39. The third-order valence-electron chi connectivity index (χ3n) is 4.59. The number of hydrogen-bond donors (Lipinski definition) is 1. The molecule has 1 fully saturated rings. The van der Waals surface area contributed by atoms with Gasteiger partial charge in [0.15, 0.2) is 0 Å². The summed E-state index contributed by atoms with van der Waals surface area (Å²) in [5, 5.41) is 2.95. The maximum absolute atomic E-state index is 12.9. The number of nitrogens with one attached hydrogen (secondary N) is 1. The Morgan fingerprint density at radius 3 is 2.57 bits per heavy atom. The van der Waals surface area contributed by atoms with Crippen molar-refractivity contribution in [2.45, 2.75) is 31.8 Å². The molecule has 1 aliphatic heterocycles. The Morgan fingerprint density at radius 1 is 1.25 bits per heavy atom. The van der Waals surface area contributed by atoms with E-state index in [0.29, 0.717) is 23.6 Å². The first-order valence-electron chi connectivity index (χ1n) is 9.26. The molecule has 1 aromatic carbocycles. The maximum atomic E-state index is 12.9. The number of urea groups is 1. The molecule has 150 valence electrons. The summed E-state index contributed by atoms with van der Waals surface area (Å²) in [4.78, 5) is 38.9. The molecule has 1 atom stereocenters. The molecule has 3 rings (SSSR count). The first-order chi connectivity index (χ1) is 13.6. The van der Waals surface area contributed by atoms with Crippen LogP contribution in [0.4, 0.5) is 4.79 Å². The molecule has 2 amide bonds. The molecule has 0 saturated heterocycles. The van der Waals surface area contributed by atoms with Crippen LogP contribution in [0.25, 0.3) is 0 Å². The molecule has 1 aliphatic carbocycles. The maximum Gasteiger partial charge on any atom is 0.338 e. The van der Waals surface area contributed by atoms with E-state index in [1.165, 1.54) is 18.9 Å². The predicted octanol–water partition coefficient (Wildman–Crippen LogP) is 2.64. The summed E-state index contributed by atoms with van der Waals surface area (Å²) < 4.78 is 10.0. The van der Waals surface area contributed by atoms with Gasteiger partial charge in [-0.05, 0) is 25.3 Å². The van der Waals surface area contributed by atoms with Gasteiger partial charge in [-0.25, -0.2) is 9.59 Å². The average Bonchev–Trinajstić information content (AvgIpc) is 3.53. The molecule has 8 heteroatoms. The number of hydrogen-bond acceptors (Lipinski definition) is 6. The van der Waals surface area contributed by atoms with Crippen molar-refractivity contribution in [1.29, 1.82) is 0 Å². The van der Waals surface area contributed by atoms with Crippen molar-refractivity contribution in [1.82, 2.24) is 10.2 Å². The van der Waals surface area contributed by atoms with E-state index in [1.807, 2.05) is 30.3 Å². The standard InChI is InChI=1S/C20H24N2O5S/c1-3-27-16(23)12-28-11-15-17(19(24)26-2)18(13-7-5-4-6-8-13)21-20(25)22(15)14-9-10-14/h4-8,14,18H,3,9-12H2,1-2H3,(H,21,25)/t18-/m1/s1. The summed E-state index contributed by atoms with van der Waals surface area (Å²) in [5.74, 6) is -0.296. The smallest absolute Gasteiger partial charge is 0.338 e.